The lowest BCUT2D eigenvalue weighted by Crippen LogP contribution is -2.55. The number of hydrogen-bond acceptors (Lipinski definition) is 5. The third kappa shape index (κ3) is 10.3. The van der Waals surface area contributed by atoms with Gasteiger partial charge in [0.1, 0.15) is 16.5 Å². The highest BCUT2D eigenvalue weighted by Gasteiger charge is 2.22. The first-order valence-electron chi connectivity index (χ1n) is 12.0. The fourth-order valence-electron chi connectivity index (χ4n) is 4.67. The largest absolute Gasteiger partial charge is 0.360 e. The molecule has 0 aromatic rings. The van der Waals surface area contributed by atoms with Gasteiger partial charge in [-0.25, -0.2) is 0 Å². The Kier molecular flexibility index (Phi) is 9.88. The predicted molar refractivity (Wildman–Crippen MR) is 135 cm³/mol. The number of rotatable bonds is 2. The van der Waals surface area contributed by atoms with Gasteiger partial charge in [0.2, 0.25) is 0 Å². The molecule has 0 aromatic carbocycles. The third-order valence-electron chi connectivity index (χ3n) is 5.40. The fraction of sp³-hybridized carbons (Fsp3) is 0.909. The number of nitrogens with zero attached hydrogens (tertiary/aromatic N) is 4. The summed E-state index contributed by atoms with van der Waals surface area (Å²) >= 11 is 0. The van der Waals surface area contributed by atoms with E-state index >= 15 is 0 Å². The van der Waals surface area contributed by atoms with Crippen molar-refractivity contribution in [2.45, 2.75) is 90.6 Å². The minimum absolute atomic E-state index is 0.981. The molecule has 0 atom stereocenters. The van der Waals surface area contributed by atoms with E-state index in [9.17, 15) is 0 Å². The van der Waals surface area contributed by atoms with Gasteiger partial charge in [0, 0.05) is 52.1 Å². The molecule has 0 aromatic heterocycles. The van der Waals surface area contributed by atoms with E-state index in [1.807, 2.05) is 0 Å². The number of nitrogens with one attached hydrogen (secondary N) is 1. The van der Waals surface area contributed by atoms with Crippen molar-refractivity contribution in [1.29, 1.82) is 0 Å². The van der Waals surface area contributed by atoms with Gasteiger partial charge in [-0.2, -0.15) is 0 Å². The molecule has 0 saturated carbocycles. The lowest BCUT2D eigenvalue weighted by molar-refractivity contribution is 0.391. The van der Waals surface area contributed by atoms with Crippen molar-refractivity contribution in [3.63, 3.8) is 0 Å². The summed E-state index contributed by atoms with van der Waals surface area (Å²) in [6.07, 6.45) is 10.5. The summed E-state index contributed by atoms with van der Waals surface area (Å²) in [6, 6.07) is 0. The van der Waals surface area contributed by atoms with Crippen molar-refractivity contribution in [2.24, 2.45) is 9.98 Å². The minimum atomic E-state index is -0.981. The van der Waals surface area contributed by atoms with Crippen LogP contribution in [-0.2, 0) is 0 Å². The summed E-state index contributed by atoms with van der Waals surface area (Å²) in [5.74, 6) is 2.77. The summed E-state index contributed by atoms with van der Waals surface area (Å²) in [6.45, 7) is 21.3. The highest BCUT2D eigenvalue weighted by molar-refractivity contribution is 6.90. The Morgan fingerprint density at radius 2 is 1.03 bits per heavy atom. The zero-order chi connectivity index (χ0) is 21.3. The van der Waals surface area contributed by atoms with E-state index < -0.39 is 16.5 Å². The molecule has 0 radical (unpaired) electrons. The fourth-order valence-corrected chi connectivity index (χ4v) is 13.7. The topological polar surface area (TPSA) is 43.2 Å². The van der Waals surface area contributed by atoms with Gasteiger partial charge in [-0.1, -0.05) is 45.7 Å². The van der Waals surface area contributed by atoms with Gasteiger partial charge in [0.25, 0.3) is 0 Å². The zero-order valence-corrected chi connectivity index (χ0v) is 22.2. The number of fused-ring (bicyclic) bond motifs is 2. The van der Waals surface area contributed by atoms with E-state index in [0.29, 0.717) is 0 Å². The monoisotopic (exact) mass is 437 g/mol. The maximum absolute atomic E-state index is 4.55. The highest BCUT2D eigenvalue weighted by atomic mass is 28.4. The summed E-state index contributed by atoms with van der Waals surface area (Å²) in [5, 5.41) is 0. The molecule has 4 aliphatic rings. The van der Waals surface area contributed by atoms with Gasteiger partial charge in [0.15, 0.2) is 0 Å². The SMILES string of the molecule is C1CCC2=NCCCN2CC1.C1CN=C2CCCN2C1.C[Si](C)(C)N[Si](C)(C)C. The molecule has 168 valence electrons. The van der Waals surface area contributed by atoms with E-state index in [0.717, 1.165) is 13.1 Å². The standard InChI is InChI=1S/C9H16N2.C7H12N2.C6H19NSi2/c1-2-5-9-10-6-4-8-11(9)7-3-1;1-3-7-8-4-2-6-9(7)5-1;1-8(2,3)7-9(4,5)6/h1-8H2;1-6H2;7H,1-6H3. The van der Waals surface area contributed by atoms with Crippen molar-refractivity contribution < 1.29 is 0 Å². The Bertz CT molecular complexity index is 536. The molecule has 0 amide bonds. The van der Waals surface area contributed by atoms with Crippen LogP contribution in [-0.4, -0.2) is 77.2 Å². The molecule has 4 heterocycles. The van der Waals surface area contributed by atoms with Gasteiger partial charge in [-0.3, -0.25) is 9.98 Å². The lowest BCUT2D eigenvalue weighted by Gasteiger charge is -2.28. The maximum Gasteiger partial charge on any atom is 0.109 e. The summed E-state index contributed by atoms with van der Waals surface area (Å²) in [7, 11) is -1.96. The highest BCUT2D eigenvalue weighted by Crippen LogP contribution is 2.16. The van der Waals surface area contributed by atoms with E-state index in [2.05, 4.69) is 63.7 Å². The normalized spacial score (nSPS) is 22.0. The van der Waals surface area contributed by atoms with E-state index in [1.54, 1.807) is 0 Å². The maximum atomic E-state index is 4.55. The van der Waals surface area contributed by atoms with E-state index in [-0.39, 0.29) is 0 Å². The van der Waals surface area contributed by atoms with Gasteiger partial charge in [0.05, 0.1) is 11.7 Å². The number of amidine groups is 2. The molecule has 1 N–H and O–H groups in total. The average Bonchev–Trinajstić information content (AvgIpc) is 2.97. The first kappa shape index (κ1) is 24.6. The van der Waals surface area contributed by atoms with Crippen LogP contribution in [0.4, 0.5) is 0 Å². The molecule has 4 aliphatic heterocycles. The quantitative estimate of drug-likeness (QED) is 0.631. The second-order valence-electron chi connectivity index (χ2n) is 10.8. The molecular formula is C22H47N5Si2. The van der Waals surface area contributed by atoms with Crippen LogP contribution in [0.5, 0.6) is 0 Å². The summed E-state index contributed by atoms with van der Waals surface area (Å²) in [4.78, 5) is 13.9. The van der Waals surface area contributed by atoms with Crippen LogP contribution in [0.2, 0.25) is 39.3 Å². The van der Waals surface area contributed by atoms with Gasteiger partial charge < -0.3 is 14.4 Å². The molecule has 0 spiro atoms. The second kappa shape index (κ2) is 11.7. The lowest BCUT2D eigenvalue weighted by atomic mass is 10.2. The van der Waals surface area contributed by atoms with Crippen LogP contribution in [0.1, 0.15) is 51.4 Å². The van der Waals surface area contributed by atoms with Gasteiger partial charge in [-0.05, 0) is 32.1 Å². The van der Waals surface area contributed by atoms with Crippen LogP contribution in [0.25, 0.3) is 0 Å². The molecule has 0 bridgehead atoms. The minimum Gasteiger partial charge on any atom is -0.360 e. The molecule has 2 fully saturated rings. The van der Waals surface area contributed by atoms with Crippen LogP contribution in [0, 0.1) is 0 Å². The molecule has 0 aliphatic carbocycles. The number of hydrogen-bond donors (Lipinski definition) is 1. The van der Waals surface area contributed by atoms with Crippen molar-refractivity contribution in [3.8, 4) is 0 Å². The molecule has 7 heteroatoms. The zero-order valence-electron chi connectivity index (χ0n) is 20.2. The van der Waals surface area contributed by atoms with Crippen LogP contribution in [0.15, 0.2) is 9.98 Å². The Hall–Kier alpha value is -0.666. The summed E-state index contributed by atoms with van der Waals surface area (Å²) < 4.78 is 3.74. The Morgan fingerprint density at radius 1 is 0.586 bits per heavy atom. The Labute approximate surface area is 182 Å². The molecule has 2 saturated heterocycles. The smallest absolute Gasteiger partial charge is 0.109 e. The van der Waals surface area contributed by atoms with Crippen molar-refractivity contribution in [3.05, 3.63) is 0 Å². The first-order chi connectivity index (χ1) is 13.6. The van der Waals surface area contributed by atoms with Crippen LogP contribution < -0.4 is 4.65 Å². The molecule has 0 unspecified atom stereocenters. The van der Waals surface area contributed by atoms with Crippen LogP contribution >= 0.6 is 0 Å². The molecule has 4 rings (SSSR count). The molecule has 29 heavy (non-hydrogen) atoms. The Morgan fingerprint density at radius 3 is 1.52 bits per heavy atom. The third-order valence-corrected chi connectivity index (χ3v) is 11.4. The number of aliphatic imine (C=N–C) groups is 2. The van der Waals surface area contributed by atoms with Crippen LogP contribution in [0.3, 0.4) is 0 Å². The van der Waals surface area contributed by atoms with Crippen molar-refractivity contribution in [1.82, 2.24) is 14.4 Å². The van der Waals surface area contributed by atoms with Crippen molar-refractivity contribution >= 4 is 28.1 Å². The van der Waals surface area contributed by atoms with Crippen molar-refractivity contribution in [2.75, 3.05) is 39.3 Å². The molecule has 5 nitrogen and oxygen atoms in total. The Balaban J connectivity index is 0.000000157. The van der Waals surface area contributed by atoms with Gasteiger partial charge >= 0.3 is 0 Å². The van der Waals surface area contributed by atoms with Gasteiger partial charge in [-0.15, -0.1) is 0 Å². The first-order valence-corrected chi connectivity index (χ1v) is 19.0. The average molecular weight is 438 g/mol. The summed E-state index contributed by atoms with van der Waals surface area (Å²) in [5.41, 5.74) is 0. The predicted octanol–water partition coefficient (Wildman–Crippen LogP) is 4.79. The van der Waals surface area contributed by atoms with E-state index in [4.69, 9.17) is 0 Å². The van der Waals surface area contributed by atoms with E-state index in [1.165, 1.54) is 89.2 Å². The second-order valence-corrected chi connectivity index (χ2v) is 20.8. The molecular weight excluding hydrogens is 390 g/mol.